The lowest BCUT2D eigenvalue weighted by Crippen LogP contribution is -2.18. The Hall–Kier alpha value is -2.49. The van der Waals surface area contributed by atoms with Crippen molar-refractivity contribution in [3.63, 3.8) is 0 Å². The van der Waals surface area contributed by atoms with Crippen LogP contribution in [0.5, 0.6) is 0 Å². The lowest BCUT2D eigenvalue weighted by Gasteiger charge is -2.17. The van der Waals surface area contributed by atoms with Crippen molar-refractivity contribution in [3.8, 4) is 0 Å². The summed E-state index contributed by atoms with van der Waals surface area (Å²) in [5.74, 6) is -0.0735. The van der Waals surface area contributed by atoms with Gasteiger partial charge in [0.15, 0.2) is 0 Å². The van der Waals surface area contributed by atoms with Gasteiger partial charge in [-0.25, -0.2) is 0 Å². The summed E-state index contributed by atoms with van der Waals surface area (Å²) in [5, 5.41) is 2.94. The van der Waals surface area contributed by atoms with Crippen LogP contribution in [0.15, 0.2) is 48.5 Å². The van der Waals surface area contributed by atoms with E-state index >= 15 is 0 Å². The summed E-state index contributed by atoms with van der Waals surface area (Å²) < 4.78 is 0. The normalized spacial score (nSPS) is 13.9. The fourth-order valence-electron chi connectivity index (χ4n) is 2.85. The molecule has 4 heteroatoms. The Bertz CT molecular complexity index is 656. The van der Waals surface area contributed by atoms with Crippen LogP contribution in [-0.2, 0) is 0 Å². The molecule has 23 heavy (non-hydrogen) atoms. The Kier molecular flexibility index (Phi) is 4.51. The van der Waals surface area contributed by atoms with Crippen LogP contribution in [0.4, 0.5) is 17.1 Å². The van der Waals surface area contributed by atoms with Gasteiger partial charge in [-0.15, -0.1) is 0 Å². The van der Waals surface area contributed by atoms with E-state index in [4.69, 9.17) is 0 Å². The molecular weight excluding hydrogens is 286 g/mol. The summed E-state index contributed by atoms with van der Waals surface area (Å²) in [6.45, 7) is 2.23. The predicted octanol–water partition coefficient (Wildman–Crippen LogP) is 3.61. The molecule has 1 N–H and O–H groups in total. The standard InChI is InChI=1S/C19H23N3O/c1-21(2)17-11-7-16(8-12-17)20-19(23)15-5-9-18(10-6-15)22-13-3-4-14-22/h5-12H,3-4,13-14H2,1-2H3,(H,20,23). The summed E-state index contributed by atoms with van der Waals surface area (Å²) in [7, 11) is 3.99. The molecule has 0 aliphatic carbocycles. The van der Waals surface area contributed by atoms with Gasteiger partial charge in [0, 0.05) is 49.8 Å². The van der Waals surface area contributed by atoms with Crippen molar-refractivity contribution >= 4 is 23.0 Å². The van der Waals surface area contributed by atoms with E-state index in [1.807, 2.05) is 67.5 Å². The maximum Gasteiger partial charge on any atom is 0.255 e. The molecule has 0 unspecified atom stereocenters. The van der Waals surface area contributed by atoms with Gasteiger partial charge in [0.05, 0.1) is 0 Å². The number of nitrogens with zero attached hydrogens (tertiary/aromatic N) is 2. The van der Waals surface area contributed by atoms with Crippen LogP contribution < -0.4 is 15.1 Å². The molecule has 3 rings (SSSR count). The Morgan fingerprint density at radius 1 is 0.957 bits per heavy atom. The highest BCUT2D eigenvalue weighted by Gasteiger charge is 2.13. The van der Waals surface area contributed by atoms with Crippen LogP contribution in [0.2, 0.25) is 0 Å². The topological polar surface area (TPSA) is 35.6 Å². The van der Waals surface area contributed by atoms with Crippen molar-refractivity contribution in [1.82, 2.24) is 0 Å². The average Bonchev–Trinajstić information content (AvgIpc) is 3.10. The Labute approximate surface area is 137 Å². The fraction of sp³-hybridized carbons (Fsp3) is 0.316. The van der Waals surface area contributed by atoms with Crippen LogP contribution in [0, 0.1) is 0 Å². The lowest BCUT2D eigenvalue weighted by molar-refractivity contribution is 0.102. The maximum atomic E-state index is 12.3. The highest BCUT2D eigenvalue weighted by atomic mass is 16.1. The minimum Gasteiger partial charge on any atom is -0.378 e. The molecular formula is C19H23N3O. The zero-order chi connectivity index (χ0) is 16.2. The van der Waals surface area contributed by atoms with Crippen LogP contribution >= 0.6 is 0 Å². The first-order valence-corrected chi connectivity index (χ1v) is 8.07. The van der Waals surface area contributed by atoms with Gasteiger partial charge in [0.25, 0.3) is 5.91 Å². The molecule has 4 nitrogen and oxygen atoms in total. The third-order valence-corrected chi connectivity index (χ3v) is 4.24. The monoisotopic (exact) mass is 309 g/mol. The molecule has 1 aliphatic rings. The second kappa shape index (κ2) is 6.73. The van der Waals surface area contributed by atoms with E-state index in [1.165, 1.54) is 18.5 Å². The summed E-state index contributed by atoms with van der Waals surface area (Å²) in [4.78, 5) is 16.7. The highest BCUT2D eigenvalue weighted by Crippen LogP contribution is 2.21. The number of hydrogen-bond acceptors (Lipinski definition) is 3. The zero-order valence-corrected chi connectivity index (χ0v) is 13.7. The first-order chi connectivity index (χ1) is 11.1. The van der Waals surface area contributed by atoms with Crippen molar-refractivity contribution in [2.45, 2.75) is 12.8 Å². The Morgan fingerprint density at radius 2 is 1.57 bits per heavy atom. The van der Waals surface area contributed by atoms with E-state index in [2.05, 4.69) is 10.2 Å². The van der Waals surface area contributed by atoms with E-state index < -0.39 is 0 Å². The number of anilines is 3. The van der Waals surface area contributed by atoms with Gasteiger partial charge in [0.1, 0.15) is 0 Å². The van der Waals surface area contributed by atoms with Crippen LogP contribution in [0.25, 0.3) is 0 Å². The maximum absolute atomic E-state index is 12.3. The molecule has 0 atom stereocenters. The largest absolute Gasteiger partial charge is 0.378 e. The van der Waals surface area contributed by atoms with E-state index in [-0.39, 0.29) is 5.91 Å². The van der Waals surface area contributed by atoms with E-state index in [9.17, 15) is 4.79 Å². The van der Waals surface area contributed by atoms with Crippen molar-refractivity contribution in [1.29, 1.82) is 0 Å². The number of amides is 1. The number of nitrogens with one attached hydrogen (secondary N) is 1. The lowest BCUT2D eigenvalue weighted by atomic mass is 10.1. The van der Waals surface area contributed by atoms with Gasteiger partial charge in [-0.05, 0) is 61.4 Å². The van der Waals surface area contributed by atoms with Gasteiger partial charge in [-0.1, -0.05) is 0 Å². The smallest absolute Gasteiger partial charge is 0.255 e. The first kappa shape index (κ1) is 15.4. The molecule has 0 bridgehead atoms. The molecule has 1 amide bonds. The molecule has 0 radical (unpaired) electrons. The van der Waals surface area contributed by atoms with Crippen LogP contribution in [-0.4, -0.2) is 33.1 Å². The second-order valence-corrected chi connectivity index (χ2v) is 6.14. The first-order valence-electron chi connectivity index (χ1n) is 8.07. The predicted molar refractivity (Wildman–Crippen MR) is 96.6 cm³/mol. The SMILES string of the molecule is CN(C)c1ccc(NC(=O)c2ccc(N3CCCC3)cc2)cc1. The number of hydrogen-bond donors (Lipinski definition) is 1. The van der Waals surface area contributed by atoms with Crippen molar-refractivity contribution in [2.75, 3.05) is 42.3 Å². The minimum absolute atomic E-state index is 0.0735. The fourth-order valence-corrected chi connectivity index (χ4v) is 2.85. The third kappa shape index (κ3) is 3.65. The number of rotatable bonds is 4. The third-order valence-electron chi connectivity index (χ3n) is 4.24. The van der Waals surface area contributed by atoms with Crippen molar-refractivity contribution < 1.29 is 4.79 Å². The average molecular weight is 309 g/mol. The molecule has 1 fully saturated rings. The summed E-state index contributed by atoms with van der Waals surface area (Å²) >= 11 is 0. The minimum atomic E-state index is -0.0735. The molecule has 2 aromatic rings. The summed E-state index contributed by atoms with van der Waals surface area (Å²) in [6, 6.07) is 15.7. The van der Waals surface area contributed by atoms with Gasteiger partial charge >= 0.3 is 0 Å². The van der Waals surface area contributed by atoms with E-state index in [0.717, 1.165) is 24.5 Å². The molecule has 0 aromatic heterocycles. The Balaban J connectivity index is 1.65. The van der Waals surface area contributed by atoms with Crippen LogP contribution in [0.1, 0.15) is 23.2 Å². The quantitative estimate of drug-likeness (QED) is 0.937. The molecule has 1 saturated heterocycles. The number of carbonyl (C=O) groups excluding carboxylic acids is 1. The van der Waals surface area contributed by atoms with Gasteiger partial charge < -0.3 is 15.1 Å². The van der Waals surface area contributed by atoms with Crippen molar-refractivity contribution in [2.24, 2.45) is 0 Å². The van der Waals surface area contributed by atoms with E-state index in [1.54, 1.807) is 0 Å². The van der Waals surface area contributed by atoms with Crippen LogP contribution in [0.3, 0.4) is 0 Å². The second-order valence-electron chi connectivity index (χ2n) is 6.14. The van der Waals surface area contributed by atoms with Crippen molar-refractivity contribution in [3.05, 3.63) is 54.1 Å². The highest BCUT2D eigenvalue weighted by molar-refractivity contribution is 6.04. The molecule has 0 spiro atoms. The molecule has 2 aromatic carbocycles. The van der Waals surface area contributed by atoms with E-state index in [0.29, 0.717) is 5.56 Å². The molecule has 1 heterocycles. The molecule has 0 saturated carbocycles. The van der Waals surface area contributed by atoms with Gasteiger partial charge in [-0.3, -0.25) is 4.79 Å². The Morgan fingerprint density at radius 3 is 2.13 bits per heavy atom. The number of benzene rings is 2. The number of carbonyl (C=O) groups is 1. The van der Waals surface area contributed by atoms with Gasteiger partial charge in [0.2, 0.25) is 0 Å². The molecule has 1 aliphatic heterocycles. The summed E-state index contributed by atoms with van der Waals surface area (Å²) in [6.07, 6.45) is 2.51. The van der Waals surface area contributed by atoms with Gasteiger partial charge in [-0.2, -0.15) is 0 Å². The summed E-state index contributed by atoms with van der Waals surface area (Å²) in [5.41, 5.74) is 3.81. The zero-order valence-electron chi connectivity index (χ0n) is 13.7. The molecule has 120 valence electrons.